The van der Waals surface area contributed by atoms with Gasteiger partial charge in [0, 0.05) is 26.2 Å². The van der Waals surface area contributed by atoms with Crippen molar-refractivity contribution in [3.05, 3.63) is 0 Å². The summed E-state index contributed by atoms with van der Waals surface area (Å²) < 4.78 is 5.18. The van der Waals surface area contributed by atoms with E-state index >= 15 is 0 Å². The summed E-state index contributed by atoms with van der Waals surface area (Å²) in [6.45, 7) is 12.4. The third kappa shape index (κ3) is 4.94. The molecule has 0 atom stereocenters. The van der Waals surface area contributed by atoms with Gasteiger partial charge in [-0.1, -0.05) is 13.8 Å². The number of piperidine rings is 1. The Morgan fingerprint density at radius 1 is 1.22 bits per heavy atom. The maximum Gasteiger partial charge on any atom is 0.248 e. The molecule has 0 saturated carbocycles. The average molecular weight is 256 g/mol. The van der Waals surface area contributed by atoms with Crippen LogP contribution in [0.1, 0.15) is 33.6 Å². The first-order chi connectivity index (χ1) is 8.71. The molecular weight excluding hydrogens is 228 g/mol. The fraction of sp³-hybridized carbons (Fsp3) is 0.929. The van der Waals surface area contributed by atoms with Gasteiger partial charge in [-0.3, -0.25) is 4.79 Å². The summed E-state index contributed by atoms with van der Waals surface area (Å²) in [4.78, 5) is 16.2. The highest BCUT2D eigenvalue weighted by Gasteiger charge is 2.23. The quantitative estimate of drug-likeness (QED) is 0.693. The predicted octanol–water partition coefficient (Wildman–Crippen LogP) is 1.60. The Bertz CT molecular complexity index is 234. The third-order valence-electron chi connectivity index (χ3n) is 3.81. The van der Waals surface area contributed by atoms with Gasteiger partial charge in [-0.15, -0.1) is 0 Å². The fourth-order valence-electron chi connectivity index (χ4n) is 2.49. The van der Waals surface area contributed by atoms with Crippen LogP contribution in [0.3, 0.4) is 0 Å². The SMILES string of the molecule is CCOCC(=O)N1CCC(CN(CC)CC)CC1. The minimum absolute atomic E-state index is 0.151. The molecule has 1 aliphatic rings. The van der Waals surface area contributed by atoms with Crippen molar-refractivity contribution in [2.45, 2.75) is 33.6 Å². The summed E-state index contributed by atoms with van der Waals surface area (Å²) in [6, 6.07) is 0. The molecule has 1 saturated heterocycles. The second kappa shape index (κ2) is 8.48. The van der Waals surface area contributed by atoms with Crippen molar-refractivity contribution >= 4 is 5.91 Å². The van der Waals surface area contributed by atoms with Crippen LogP contribution in [0.5, 0.6) is 0 Å². The van der Waals surface area contributed by atoms with E-state index in [0.717, 1.165) is 44.9 Å². The van der Waals surface area contributed by atoms with Crippen LogP contribution in [-0.2, 0) is 9.53 Å². The zero-order chi connectivity index (χ0) is 13.4. The second-order valence-corrected chi connectivity index (χ2v) is 4.95. The van der Waals surface area contributed by atoms with Crippen LogP contribution >= 0.6 is 0 Å². The molecule has 0 bridgehead atoms. The molecule has 0 aromatic heterocycles. The van der Waals surface area contributed by atoms with E-state index in [0.29, 0.717) is 6.61 Å². The van der Waals surface area contributed by atoms with E-state index in [9.17, 15) is 4.79 Å². The highest BCUT2D eigenvalue weighted by molar-refractivity contribution is 5.77. The Balaban J connectivity index is 2.25. The van der Waals surface area contributed by atoms with Crippen LogP contribution in [0, 0.1) is 5.92 Å². The van der Waals surface area contributed by atoms with Gasteiger partial charge in [0.2, 0.25) is 5.91 Å². The summed E-state index contributed by atoms with van der Waals surface area (Å²) in [5.41, 5.74) is 0. The smallest absolute Gasteiger partial charge is 0.248 e. The lowest BCUT2D eigenvalue weighted by molar-refractivity contribution is -0.137. The Labute approximate surface area is 111 Å². The van der Waals surface area contributed by atoms with Crippen molar-refractivity contribution in [3.63, 3.8) is 0 Å². The first-order valence-electron chi connectivity index (χ1n) is 7.29. The van der Waals surface area contributed by atoms with Crippen LogP contribution in [-0.4, -0.2) is 61.6 Å². The van der Waals surface area contributed by atoms with Crippen molar-refractivity contribution in [1.29, 1.82) is 0 Å². The van der Waals surface area contributed by atoms with Gasteiger partial charge in [-0.05, 0) is 38.8 Å². The number of carbonyl (C=O) groups is 1. The third-order valence-corrected chi connectivity index (χ3v) is 3.81. The first kappa shape index (κ1) is 15.4. The van der Waals surface area contributed by atoms with Crippen LogP contribution in [0.15, 0.2) is 0 Å². The largest absolute Gasteiger partial charge is 0.372 e. The first-order valence-corrected chi connectivity index (χ1v) is 7.29. The number of ether oxygens (including phenoxy) is 1. The number of amides is 1. The highest BCUT2D eigenvalue weighted by Crippen LogP contribution is 2.18. The molecule has 4 heteroatoms. The normalized spacial score (nSPS) is 17.4. The number of nitrogens with zero attached hydrogens (tertiary/aromatic N) is 2. The summed E-state index contributed by atoms with van der Waals surface area (Å²) in [6.07, 6.45) is 2.27. The molecule has 4 nitrogen and oxygen atoms in total. The minimum atomic E-state index is 0.151. The van der Waals surface area contributed by atoms with E-state index in [1.54, 1.807) is 0 Å². The second-order valence-electron chi connectivity index (χ2n) is 4.95. The van der Waals surface area contributed by atoms with Gasteiger partial charge in [0.1, 0.15) is 6.61 Å². The zero-order valence-corrected chi connectivity index (χ0v) is 12.2. The van der Waals surface area contributed by atoms with E-state index in [1.807, 2.05) is 11.8 Å². The van der Waals surface area contributed by atoms with Crippen LogP contribution in [0.2, 0.25) is 0 Å². The van der Waals surface area contributed by atoms with Gasteiger partial charge >= 0.3 is 0 Å². The van der Waals surface area contributed by atoms with E-state index in [2.05, 4.69) is 18.7 Å². The lowest BCUT2D eigenvalue weighted by atomic mass is 9.96. The van der Waals surface area contributed by atoms with Crippen molar-refractivity contribution < 1.29 is 9.53 Å². The van der Waals surface area contributed by atoms with Gasteiger partial charge in [0.25, 0.3) is 0 Å². The van der Waals surface area contributed by atoms with Gasteiger partial charge in [0.15, 0.2) is 0 Å². The fourth-order valence-corrected chi connectivity index (χ4v) is 2.49. The van der Waals surface area contributed by atoms with Gasteiger partial charge in [-0.2, -0.15) is 0 Å². The summed E-state index contributed by atoms with van der Waals surface area (Å²) in [7, 11) is 0. The number of carbonyl (C=O) groups excluding carboxylic acids is 1. The molecule has 1 fully saturated rings. The zero-order valence-electron chi connectivity index (χ0n) is 12.2. The molecule has 0 radical (unpaired) electrons. The monoisotopic (exact) mass is 256 g/mol. The maximum atomic E-state index is 11.8. The lowest BCUT2D eigenvalue weighted by Gasteiger charge is -2.34. The molecule has 0 N–H and O–H groups in total. The number of rotatable bonds is 7. The Kier molecular flexibility index (Phi) is 7.28. The van der Waals surface area contributed by atoms with Crippen LogP contribution in [0.25, 0.3) is 0 Å². The molecule has 1 rings (SSSR count). The molecule has 0 spiro atoms. The molecule has 0 aromatic rings. The van der Waals surface area contributed by atoms with Crippen LogP contribution < -0.4 is 0 Å². The summed E-state index contributed by atoms with van der Waals surface area (Å²) in [5, 5.41) is 0. The van der Waals surface area contributed by atoms with Gasteiger partial charge < -0.3 is 14.5 Å². The number of hydrogen-bond acceptors (Lipinski definition) is 3. The van der Waals surface area contributed by atoms with Crippen molar-refractivity contribution in [3.8, 4) is 0 Å². The Hall–Kier alpha value is -0.610. The van der Waals surface area contributed by atoms with E-state index in [4.69, 9.17) is 4.74 Å². The molecule has 0 aromatic carbocycles. The van der Waals surface area contributed by atoms with E-state index in [1.165, 1.54) is 6.54 Å². The number of hydrogen-bond donors (Lipinski definition) is 0. The number of likely N-dealkylation sites (tertiary alicyclic amines) is 1. The van der Waals surface area contributed by atoms with E-state index in [-0.39, 0.29) is 12.5 Å². The molecule has 106 valence electrons. The van der Waals surface area contributed by atoms with Gasteiger partial charge in [0.05, 0.1) is 0 Å². The molecule has 0 unspecified atom stereocenters. The highest BCUT2D eigenvalue weighted by atomic mass is 16.5. The molecule has 1 heterocycles. The topological polar surface area (TPSA) is 32.8 Å². The molecule has 0 aliphatic carbocycles. The maximum absolute atomic E-state index is 11.8. The summed E-state index contributed by atoms with van der Waals surface area (Å²) in [5.74, 6) is 0.902. The predicted molar refractivity (Wildman–Crippen MR) is 73.6 cm³/mol. The lowest BCUT2D eigenvalue weighted by Crippen LogP contribution is -2.43. The van der Waals surface area contributed by atoms with Crippen molar-refractivity contribution in [1.82, 2.24) is 9.80 Å². The Morgan fingerprint density at radius 2 is 1.83 bits per heavy atom. The molecular formula is C14H28N2O2. The summed E-state index contributed by atoms with van der Waals surface area (Å²) >= 11 is 0. The minimum Gasteiger partial charge on any atom is -0.372 e. The van der Waals surface area contributed by atoms with Crippen molar-refractivity contribution in [2.24, 2.45) is 5.92 Å². The van der Waals surface area contributed by atoms with E-state index < -0.39 is 0 Å². The van der Waals surface area contributed by atoms with Crippen LogP contribution in [0.4, 0.5) is 0 Å². The molecule has 1 aliphatic heterocycles. The molecule has 18 heavy (non-hydrogen) atoms. The average Bonchev–Trinajstić information content (AvgIpc) is 2.42. The van der Waals surface area contributed by atoms with Crippen molar-refractivity contribution in [2.75, 3.05) is 45.9 Å². The standard InChI is InChI=1S/C14H28N2O2/c1-4-15(5-2)11-13-7-9-16(10-8-13)14(17)12-18-6-3/h13H,4-12H2,1-3H3. The molecule has 1 amide bonds. The van der Waals surface area contributed by atoms with Gasteiger partial charge in [-0.25, -0.2) is 0 Å². The Morgan fingerprint density at radius 3 is 2.33 bits per heavy atom.